The van der Waals surface area contributed by atoms with Gasteiger partial charge in [0.2, 0.25) is 0 Å². The third-order valence-electron chi connectivity index (χ3n) is 5.69. The fraction of sp³-hybridized carbons (Fsp3) is 0.333. The van der Waals surface area contributed by atoms with Gasteiger partial charge < -0.3 is 20.1 Å². The number of carbonyl (C=O) groups is 1. The van der Waals surface area contributed by atoms with Crippen LogP contribution in [-0.4, -0.2) is 52.8 Å². The molecule has 8 nitrogen and oxygen atoms in total. The van der Waals surface area contributed by atoms with Crippen LogP contribution in [-0.2, 0) is 0 Å². The quantitative estimate of drug-likeness (QED) is 0.634. The van der Waals surface area contributed by atoms with Crippen molar-refractivity contribution >= 4 is 11.7 Å². The van der Waals surface area contributed by atoms with E-state index in [0.717, 1.165) is 35.4 Å². The Morgan fingerprint density at radius 1 is 1.12 bits per heavy atom. The number of amides is 1. The number of aromatic nitrogens is 3. The van der Waals surface area contributed by atoms with E-state index in [-0.39, 0.29) is 11.8 Å². The van der Waals surface area contributed by atoms with E-state index in [1.54, 1.807) is 25.4 Å². The lowest BCUT2D eigenvalue weighted by Gasteiger charge is -2.31. The highest BCUT2D eigenvalue weighted by atomic mass is 16.5. The van der Waals surface area contributed by atoms with Crippen LogP contribution in [0.1, 0.15) is 41.9 Å². The maximum atomic E-state index is 13.1. The third kappa shape index (κ3) is 4.64. The summed E-state index contributed by atoms with van der Waals surface area (Å²) < 4.78 is 11.1. The largest absolute Gasteiger partial charge is 0.496 e. The zero-order valence-electron chi connectivity index (χ0n) is 18.3. The molecule has 0 atom stereocenters. The number of nitrogens with zero attached hydrogens (tertiary/aromatic N) is 4. The fourth-order valence-corrected chi connectivity index (χ4v) is 3.95. The summed E-state index contributed by atoms with van der Waals surface area (Å²) in [6.45, 7) is 3.84. The first-order chi connectivity index (χ1) is 15.6. The van der Waals surface area contributed by atoms with Gasteiger partial charge in [0, 0.05) is 36.8 Å². The SMILES string of the molecule is CCOc1ccc(-c2cnc(C(=O)N3CCC(c4ccc(N)nn4)CC3)cc2OC)cc1. The summed E-state index contributed by atoms with van der Waals surface area (Å²) in [5.41, 5.74) is 8.70. The molecular formula is C24H27N5O3. The second-order valence-corrected chi connectivity index (χ2v) is 7.68. The number of benzene rings is 1. The Bertz CT molecular complexity index is 1060. The number of carbonyl (C=O) groups excluding carboxylic acids is 1. The molecule has 0 bridgehead atoms. The van der Waals surface area contributed by atoms with Crippen LogP contribution in [0.25, 0.3) is 11.1 Å². The van der Waals surface area contributed by atoms with E-state index in [0.29, 0.717) is 37.0 Å². The Kier molecular flexibility index (Phi) is 6.49. The lowest BCUT2D eigenvalue weighted by atomic mass is 9.93. The van der Waals surface area contributed by atoms with Crippen LogP contribution in [0.5, 0.6) is 11.5 Å². The third-order valence-corrected chi connectivity index (χ3v) is 5.69. The second kappa shape index (κ2) is 9.64. The first kappa shape index (κ1) is 21.5. The van der Waals surface area contributed by atoms with Crippen molar-refractivity contribution in [3.63, 3.8) is 0 Å². The van der Waals surface area contributed by atoms with Crippen molar-refractivity contribution in [3.8, 4) is 22.6 Å². The van der Waals surface area contributed by atoms with Crippen molar-refractivity contribution in [2.75, 3.05) is 32.5 Å². The molecule has 3 heterocycles. The molecule has 1 aromatic carbocycles. The summed E-state index contributed by atoms with van der Waals surface area (Å²) in [7, 11) is 1.60. The van der Waals surface area contributed by atoms with E-state index in [1.165, 1.54) is 0 Å². The minimum absolute atomic E-state index is 0.0941. The molecule has 0 unspecified atom stereocenters. The van der Waals surface area contributed by atoms with Crippen LogP contribution in [0, 0.1) is 0 Å². The number of methoxy groups -OCH3 is 1. The average Bonchev–Trinajstić information content (AvgIpc) is 2.84. The molecule has 166 valence electrons. The molecule has 4 rings (SSSR count). The van der Waals surface area contributed by atoms with E-state index in [1.807, 2.05) is 42.2 Å². The molecule has 1 aliphatic rings. The minimum Gasteiger partial charge on any atom is -0.496 e. The van der Waals surface area contributed by atoms with Gasteiger partial charge in [0.25, 0.3) is 5.91 Å². The van der Waals surface area contributed by atoms with Gasteiger partial charge in [-0.25, -0.2) is 0 Å². The number of ether oxygens (including phenoxy) is 2. The van der Waals surface area contributed by atoms with Gasteiger partial charge in [-0.3, -0.25) is 9.78 Å². The van der Waals surface area contributed by atoms with Crippen molar-refractivity contribution in [3.05, 3.63) is 60.0 Å². The smallest absolute Gasteiger partial charge is 0.272 e. The van der Waals surface area contributed by atoms with E-state index in [2.05, 4.69) is 15.2 Å². The topological polar surface area (TPSA) is 103 Å². The summed E-state index contributed by atoms with van der Waals surface area (Å²) in [4.78, 5) is 19.3. The predicted octanol–water partition coefficient (Wildman–Crippen LogP) is 3.55. The summed E-state index contributed by atoms with van der Waals surface area (Å²) >= 11 is 0. The van der Waals surface area contributed by atoms with Gasteiger partial charge in [-0.15, -0.1) is 5.10 Å². The molecule has 0 spiro atoms. The molecule has 8 heteroatoms. The van der Waals surface area contributed by atoms with Crippen LogP contribution in [0.4, 0.5) is 5.82 Å². The molecule has 1 aliphatic heterocycles. The molecular weight excluding hydrogens is 406 g/mol. The molecule has 0 radical (unpaired) electrons. The number of nitrogen functional groups attached to an aromatic ring is 1. The Morgan fingerprint density at radius 3 is 2.50 bits per heavy atom. The first-order valence-corrected chi connectivity index (χ1v) is 10.7. The van der Waals surface area contributed by atoms with Gasteiger partial charge in [0.05, 0.1) is 19.4 Å². The highest BCUT2D eigenvalue weighted by Gasteiger charge is 2.26. The Morgan fingerprint density at radius 2 is 1.88 bits per heavy atom. The number of hydrogen-bond acceptors (Lipinski definition) is 7. The monoisotopic (exact) mass is 433 g/mol. The molecule has 3 aromatic rings. The lowest BCUT2D eigenvalue weighted by Crippen LogP contribution is -2.38. The lowest BCUT2D eigenvalue weighted by molar-refractivity contribution is 0.0705. The summed E-state index contributed by atoms with van der Waals surface area (Å²) in [6, 6.07) is 13.1. The number of likely N-dealkylation sites (tertiary alicyclic amines) is 1. The van der Waals surface area contributed by atoms with Crippen LogP contribution < -0.4 is 15.2 Å². The highest BCUT2D eigenvalue weighted by Crippen LogP contribution is 2.32. The van der Waals surface area contributed by atoms with Gasteiger partial charge in [-0.2, -0.15) is 5.10 Å². The molecule has 1 saturated heterocycles. The van der Waals surface area contributed by atoms with Gasteiger partial charge in [0.15, 0.2) is 0 Å². The minimum atomic E-state index is -0.0941. The van der Waals surface area contributed by atoms with Gasteiger partial charge >= 0.3 is 0 Å². The van der Waals surface area contributed by atoms with Crippen LogP contribution in [0.3, 0.4) is 0 Å². The number of anilines is 1. The number of pyridine rings is 1. The molecule has 2 aromatic heterocycles. The maximum Gasteiger partial charge on any atom is 0.272 e. The van der Waals surface area contributed by atoms with E-state index < -0.39 is 0 Å². The van der Waals surface area contributed by atoms with Crippen LogP contribution in [0.15, 0.2) is 48.7 Å². The van der Waals surface area contributed by atoms with E-state index in [9.17, 15) is 4.79 Å². The van der Waals surface area contributed by atoms with Crippen molar-refractivity contribution in [2.24, 2.45) is 0 Å². The number of rotatable bonds is 6. The standard InChI is InChI=1S/C24H27N5O3/c1-3-32-18-6-4-16(5-7-18)19-15-26-21(14-22(19)31-2)24(30)29-12-10-17(11-13-29)20-8-9-23(25)28-27-20/h4-9,14-15,17H,3,10-13H2,1-2H3,(H2,25,28). The summed E-state index contributed by atoms with van der Waals surface area (Å²) in [5, 5.41) is 8.13. The summed E-state index contributed by atoms with van der Waals surface area (Å²) in [5.74, 6) is 2.01. The second-order valence-electron chi connectivity index (χ2n) is 7.68. The Labute approximate surface area is 187 Å². The van der Waals surface area contributed by atoms with E-state index >= 15 is 0 Å². The molecule has 1 fully saturated rings. The van der Waals surface area contributed by atoms with Crippen molar-refractivity contribution in [1.29, 1.82) is 0 Å². The number of nitrogens with two attached hydrogens (primary N) is 1. The summed E-state index contributed by atoms with van der Waals surface area (Å²) in [6.07, 6.45) is 3.34. The van der Waals surface area contributed by atoms with Gasteiger partial charge in [-0.1, -0.05) is 12.1 Å². The zero-order valence-corrected chi connectivity index (χ0v) is 18.3. The molecule has 1 amide bonds. The van der Waals surface area contributed by atoms with Crippen molar-refractivity contribution in [2.45, 2.75) is 25.7 Å². The molecule has 0 saturated carbocycles. The average molecular weight is 434 g/mol. The number of piperidine rings is 1. The fourth-order valence-electron chi connectivity index (χ4n) is 3.95. The molecule has 0 aliphatic carbocycles. The molecule has 32 heavy (non-hydrogen) atoms. The van der Waals surface area contributed by atoms with Crippen molar-refractivity contribution < 1.29 is 14.3 Å². The number of hydrogen-bond donors (Lipinski definition) is 1. The Balaban J connectivity index is 1.45. The maximum absolute atomic E-state index is 13.1. The zero-order chi connectivity index (χ0) is 22.5. The highest BCUT2D eigenvalue weighted by molar-refractivity contribution is 5.93. The van der Waals surface area contributed by atoms with E-state index in [4.69, 9.17) is 15.2 Å². The van der Waals surface area contributed by atoms with Crippen molar-refractivity contribution in [1.82, 2.24) is 20.1 Å². The van der Waals surface area contributed by atoms with Gasteiger partial charge in [0.1, 0.15) is 23.0 Å². The van der Waals surface area contributed by atoms with Crippen LogP contribution >= 0.6 is 0 Å². The normalized spacial score (nSPS) is 14.2. The van der Waals surface area contributed by atoms with Crippen LogP contribution in [0.2, 0.25) is 0 Å². The van der Waals surface area contributed by atoms with Gasteiger partial charge in [-0.05, 0) is 49.6 Å². The first-order valence-electron chi connectivity index (χ1n) is 10.7. The predicted molar refractivity (Wildman–Crippen MR) is 122 cm³/mol. The Hall–Kier alpha value is -3.68. The molecule has 2 N–H and O–H groups in total.